The van der Waals surface area contributed by atoms with Gasteiger partial charge in [-0.2, -0.15) is 8.78 Å². The van der Waals surface area contributed by atoms with E-state index in [0.717, 1.165) is 12.1 Å². The second kappa shape index (κ2) is 4.82. The van der Waals surface area contributed by atoms with Crippen LogP contribution in [0, 0.1) is 5.82 Å². The van der Waals surface area contributed by atoms with Crippen molar-refractivity contribution in [2.24, 2.45) is 0 Å². The summed E-state index contributed by atoms with van der Waals surface area (Å²) in [6, 6.07) is 3.19. The van der Waals surface area contributed by atoms with E-state index in [0.29, 0.717) is 0 Å². The molecule has 0 amide bonds. The maximum atomic E-state index is 12.7. The van der Waals surface area contributed by atoms with Gasteiger partial charge in [0.25, 0.3) is 0 Å². The molecule has 0 radical (unpaired) electrons. The molecular weight excluding hydrogens is 209 g/mol. The van der Waals surface area contributed by atoms with Crippen LogP contribution < -0.4 is 4.74 Å². The molecule has 0 aliphatic rings. The van der Waals surface area contributed by atoms with Crippen molar-refractivity contribution in [3.05, 3.63) is 29.6 Å². The van der Waals surface area contributed by atoms with E-state index in [-0.39, 0.29) is 23.5 Å². The normalized spacial score (nSPS) is 10.5. The summed E-state index contributed by atoms with van der Waals surface area (Å²) in [6.45, 7) is -1.72. The first-order chi connectivity index (χ1) is 6.99. The Morgan fingerprint density at radius 2 is 2.13 bits per heavy atom. The lowest BCUT2D eigenvalue weighted by molar-refractivity contribution is -0.116. The smallest absolute Gasteiger partial charge is 0.387 e. The molecule has 0 bridgehead atoms. The highest BCUT2D eigenvalue weighted by Crippen LogP contribution is 2.22. The van der Waals surface area contributed by atoms with Gasteiger partial charge in [0.1, 0.15) is 17.3 Å². The summed E-state index contributed by atoms with van der Waals surface area (Å²) in [6.07, 6.45) is -0.0532. The average Bonchev–Trinajstić information content (AvgIpc) is 2.08. The van der Waals surface area contributed by atoms with Gasteiger partial charge in [0, 0.05) is 18.1 Å². The van der Waals surface area contributed by atoms with Crippen molar-refractivity contribution in [1.29, 1.82) is 0 Å². The molecule has 0 saturated carbocycles. The third kappa shape index (κ3) is 3.61. The molecule has 2 nitrogen and oxygen atoms in total. The lowest BCUT2D eigenvalue weighted by Gasteiger charge is -2.09. The highest BCUT2D eigenvalue weighted by atomic mass is 19.3. The summed E-state index contributed by atoms with van der Waals surface area (Å²) in [5.74, 6) is -1.18. The van der Waals surface area contributed by atoms with Gasteiger partial charge in [-0.15, -0.1) is 0 Å². The number of ether oxygens (including phenoxy) is 1. The molecule has 5 heteroatoms. The fraction of sp³-hybridized carbons (Fsp3) is 0.300. The minimum Gasteiger partial charge on any atom is -0.434 e. The van der Waals surface area contributed by atoms with E-state index in [1.165, 1.54) is 13.0 Å². The Hall–Kier alpha value is -1.52. The molecule has 0 unspecified atom stereocenters. The number of rotatable bonds is 4. The van der Waals surface area contributed by atoms with Crippen LogP contribution in [0.2, 0.25) is 0 Å². The molecule has 1 aromatic rings. The van der Waals surface area contributed by atoms with Gasteiger partial charge in [0.2, 0.25) is 0 Å². The molecule has 1 aromatic carbocycles. The third-order valence-electron chi connectivity index (χ3n) is 1.68. The van der Waals surface area contributed by atoms with E-state index >= 15 is 0 Å². The molecule has 0 spiro atoms. The third-order valence-corrected chi connectivity index (χ3v) is 1.68. The lowest BCUT2D eigenvalue weighted by Crippen LogP contribution is -2.07. The molecule has 1 rings (SSSR count). The molecule has 0 saturated heterocycles. The summed E-state index contributed by atoms with van der Waals surface area (Å²) in [5.41, 5.74) is 0.254. The number of hydrogen-bond donors (Lipinski definition) is 0. The van der Waals surface area contributed by atoms with Crippen LogP contribution in [-0.2, 0) is 11.2 Å². The van der Waals surface area contributed by atoms with Gasteiger partial charge in [-0.1, -0.05) is 6.07 Å². The Kier molecular flexibility index (Phi) is 3.71. The number of hydrogen-bond acceptors (Lipinski definition) is 2. The van der Waals surface area contributed by atoms with Crippen LogP contribution in [0.1, 0.15) is 12.5 Å². The predicted octanol–water partition coefficient (Wildman–Crippen LogP) is 2.56. The molecule has 0 heterocycles. The first-order valence-electron chi connectivity index (χ1n) is 4.21. The van der Waals surface area contributed by atoms with E-state index in [9.17, 15) is 18.0 Å². The maximum absolute atomic E-state index is 12.7. The molecule has 0 aromatic heterocycles. The Morgan fingerprint density at radius 1 is 1.47 bits per heavy atom. The Bertz CT molecular complexity index is 364. The van der Waals surface area contributed by atoms with Crippen LogP contribution in [0.25, 0.3) is 0 Å². The molecule has 0 atom stereocenters. The summed E-state index contributed by atoms with van der Waals surface area (Å²) in [4.78, 5) is 10.8. The summed E-state index contributed by atoms with van der Waals surface area (Å²) in [7, 11) is 0. The van der Waals surface area contributed by atoms with Crippen LogP contribution in [0.5, 0.6) is 5.75 Å². The van der Waals surface area contributed by atoms with Gasteiger partial charge < -0.3 is 4.74 Å². The van der Waals surface area contributed by atoms with Crippen molar-refractivity contribution in [2.45, 2.75) is 20.0 Å². The van der Waals surface area contributed by atoms with Crippen molar-refractivity contribution in [1.82, 2.24) is 0 Å². The van der Waals surface area contributed by atoms with Crippen molar-refractivity contribution in [3.8, 4) is 5.75 Å². The first-order valence-corrected chi connectivity index (χ1v) is 4.21. The molecule has 0 aliphatic carbocycles. The molecule has 0 fully saturated rings. The largest absolute Gasteiger partial charge is 0.434 e. The monoisotopic (exact) mass is 218 g/mol. The van der Waals surface area contributed by atoms with Gasteiger partial charge in [0.15, 0.2) is 0 Å². The van der Waals surface area contributed by atoms with Crippen molar-refractivity contribution in [3.63, 3.8) is 0 Å². The zero-order valence-corrected chi connectivity index (χ0v) is 7.97. The quantitative estimate of drug-likeness (QED) is 0.776. The first kappa shape index (κ1) is 11.6. The summed E-state index contributed by atoms with van der Waals surface area (Å²) < 4.78 is 40.7. The molecule has 0 aliphatic heterocycles. The Balaban J connectivity index is 2.97. The van der Waals surface area contributed by atoms with Crippen LogP contribution in [0.15, 0.2) is 18.2 Å². The SMILES string of the molecule is CC(=O)Cc1ccc(F)cc1OC(F)F. The lowest BCUT2D eigenvalue weighted by atomic mass is 10.1. The topological polar surface area (TPSA) is 26.3 Å². The molecule has 15 heavy (non-hydrogen) atoms. The van der Waals surface area contributed by atoms with E-state index in [1.807, 2.05) is 0 Å². The van der Waals surface area contributed by atoms with Crippen molar-refractivity contribution >= 4 is 5.78 Å². The number of carbonyl (C=O) groups excluding carboxylic acids is 1. The van der Waals surface area contributed by atoms with E-state index < -0.39 is 12.4 Å². The minimum atomic E-state index is -3.03. The van der Waals surface area contributed by atoms with Crippen LogP contribution in [0.3, 0.4) is 0 Å². The highest BCUT2D eigenvalue weighted by molar-refractivity contribution is 5.78. The average molecular weight is 218 g/mol. The van der Waals surface area contributed by atoms with Crippen LogP contribution in [0.4, 0.5) is 13.2 Å². The zero-order valence-electron chi connectivity index (χ0n) is 7.97. The zero-order chi connectivity index (χ0) is 11.4. The molecule has 82 valence electrons. The summed E-state index contributed by atoms with van der Waals surface area (Å²) >= 11 is 0. The fourth-order valence-electron chi connectivity index (χ4n) is 1.15. The van der Waals surface area contributed by atoms with Crippen molar-refractivity contribution < 1.29 is 22.7 Å². The number of ketones is 1. The van der Waals surface area contributed by atoms with E-state index in [1.54, 1.807) is 0 Å². The Labute approximate surface area is 84.7 Å². The van der Waals surface area contributed by atoms with Crippen LogP contribution in [-0.4, -0.2) is 12.4 Å². The Morgan fingerprint density at radius 3 is 2.67 bits per heavy atom. The maximum Gasteiger partial charge on any atom is 0.387 e. The molecular formula is C10H9F3O2. The van der Waals surface area contributed by atoms with Gasteiger partial charge in [0.05, 0.1) is 0 Å². The number of Topliss-reactive ketones (excluding diaryl/α,β-unsaturated/α-hetero) is 1. The van der Waals surface area contributed by atoms with Gasteiger partial charge in [-0.25, -0.2) is 4.39 Å². The standard InChI is InChI=1S/C10H9F3O2/c1-6(14)4-7-2-3-8(11)5-9(7)15-10(12)13/h2-3,5,10H,4H2,1H3. The second-order valence-electron chi connectivity index (χ2n) is 3.01. The van der Waals surface area contributed by atoms with E-state index in [2.05, 4.69) is 4.74 Å². The van der Waals surface area contributed by atoms with Gasteiger partial charge in [-0.05, 0) is 13.0 Å². The van der Waals surface area contributed by atoms with Gasteiger partial charge >= 0.3 is 6.61 Å². The van der Waals surface area contributed by atoms with Gasteiger partial charge in [-0.3, -0.25) is 4.79 Å². The minimum absolute atomic E-state index is 0.0532. The van der Waals surface area contributed by atoms with Crippen LogP contribution >= 0.6 is 0 Å². The van der Waals surface area contributed by atoms with E-state index in [4.69, 9.17) is 0 Å². The fourth-order valence-corrected chi connectivity index (χ4v) is 1.15. The number of benzene rings is 1. The highest BCUT2D eigenvalue weighted by Gasteiger charge is 2.11. The van der Waals surface area contributed by atoms with Crippen molar-refractivity contribution in [2.75, 3.05) is 0 Å². The molecule has 0 N–H and O–H groups in total. The number of halogens is 3. The summed E-state index contributed by atoms with van der Waals surface area (Å²) in [5, 5.41) is 0. The predicted molar refractivity (Wildman–Crippen MR) is 47.4 cm³/mol. The number of carbonyl (C=O) groups is 1. The number of alkyl halides is 2. The second-order valence-corrected chi connectivity index (χ2v) is 3.01.